The van der Waals surface area contributed by atoms with Crippen molar-refractivity contribution in [2.45, 2.75) is 260 Å². The number of nitrogens with zero attached hydrogens (tertiary/aromatic N) is 2. The molecule has 5 aliphatic carbocycles. The number of hydrogen-bond donors (Lipinski definition) is 6. The SMILES string of the molecule is BrCCc1ccccc1.Br[C@H]1CCCC[C@H]1OCCc1ccccc1.C.CC#N.CS(=O)(=O)Cl.CS(=O)(=O)O[C@@H]1CCCC[C@H]1OCCc1ccccc1.O[C@@H]1CCCC[C@H]1O.O[C@@H]1CCCC[C@H]1OCCc1ccccc1.O[C@@H]1CCN([C@@H]2CCCC[C@H]2OCCc2ccccc2)C1.O[C@@H]1CCNC1.[Br-].[H-].[Li+].[Na+]. The number of aryl methyl sites for hydroxylation is 1. The maximum Gasteiger partial charge on any atom is 1.00 e. The number of ether oxygens (including phenoxy) is 4. The van der Waals surface area contributed by atoms with E-state index in [-0.39, 0.29) is 111 Å². The second kappa shape index (κ2) is 65.5. The largest absolute Gasteiger partial charge is 1.00 e. The average Bonchev–Trinajstić information content (AvgIpc) is 1.68. The zero-order chi connectivity index (χ0) is 75.5. The molecule has 17 nitrogen and oxygen atoms in total. The zero-order valence-electron chi connectivity index (χ0n) is 65.5. The molecule has 12 rings (SSSR count). The van der Waals surface area contributed by atoms with Crippen molar-refractivity contribution in [3.05, 3.63) is 179 Å². The first-order valence-corrected chi connectivity index (χ1v) is 44.5. The molecule has 0 spiro atoms. The summed E-state index contributed by atoms with van der Waals surface area (Å²) in [5, 5.41) is 57.4. The topological polar surface area (TPSA) is 255 Å². The summed E-state index contributed by atoms with van der Waals surface area (Å²) in [6, 6.07) is 54.3. The van der Waals surface area contributed by atoms with Gasteiger partial charge >= 0.3 is 48.4 Å². The van der Waals surface area contributed by atoms with Crippen molar-refractivity contribution in [3.63, 3.8) is 0 Å². The van der Waals surface area contributed by atoms with Gasteiger partial charge in [0.1, 0.15) is 6.10 Å². The third-order valence-corrected chi connectivity index (χ3v) is 20.8. The molecule has 25 heteroatoms. The van der Waals surface area contributed by atoms with Crippen LogP contribution < -0.4 is 70.7 Å². The Bertz CT molecular complexity index is 3110. The monoisotopic (exact) mass is 1760 g/mol. The quantitative estimate of drug-likeness (QED) is 0.0202. The molecule has 5 aromatic rings. The van der Waals surface area contributed by atoms with Gasteiger partial charge in [-0.3, -0.25) is 9.08 Å². The summed E-state index contributed by atoms with van der Waals surface area (Å²) in [4.78, 5) is 3.02. The van der Waals surface area contributed by atoms with Crippen LogP contribution in [-0.2, 0) is 74.4 Å². The van der Waals surface area contributed by atoms with E-state index in [0.29, 0.717) is 36.3 Å². The second-order valence-electron chi connectivity index (χ2n) is 27.5. The Morgan fingerprint density at radius 3 is 1.15 bits per heavy atom. The van der Waals surface area contributed by atoms with Gasteiger partial charge in [0.25, 0.3) is 10.1 Å². The fraction of sp³-hybridized carbons (Fsp3) is 0.627. The Hall–Kier alpha value is -1.66. The van der Waals surface area contributed by atoms with Crippen molar-refractivity contribution in [3.8, 4) is 6.07 Å². The van der Waals surface area contributed by atoms with Crippen molar-refractivity contribution in [2.24, 2.45) is 0 Å². The predicted octanol–water partition coefficient (Wildman–Crippen LogP) is 6.38. The van der Waals surface area contributed by atoms with E-state index < -0.39 is 31.4 Å². The summed E-state index contributed by atoms with van der Waals surface area (Å²) in [6.45, 7) is 8.04. The molecule has 602 valence electrons. The van der Waals surface area contributed by atoms with Crippen LogP contribution in [0.5, 0.6) is 0 Å². The van der Waals surface area contributed by atoms with Gasteiger partial charge in [-0.1, -0.05) is 255 Å². The summed E-state index contributed by atoms with van der Waals surface area (Å²) in [6.07, 6.45) is 29.6. The standard InChI is InChI=1S/C18H27NO2.C15H22O4S.C14H19BrO.C14H20O2.C8H9Br.C6H12O2.C4H9NO.C2H3N.CH3ClO2S.CH4.BrH.Li.Na.H/c20-16-10-12-19(14-16)17-8-4-5-9-18(17)21-13-11-15-6-2-1-3-7-15;1-20(16,17)19-15-10-6-5-9-14(15)18-12-11-13-7-3-2-4-8-13;2*15-13-8-4-5-9-14(13)16-11-10-12-6-2-1-3-7-12;9-7-6-8-4-2-1-3-5-8;7-5-3-1-2-4-6(5)8;6-4-1-2-5-3-4;1-2-3;1-5(2,3)4;;;;;/h1-3,6-7,16-18,20H,4-5,8-14H2;2-4,7-8,14-15H,5-6,9-12H2,1H3;1-3,6-7,13-14H,4-5,8-11H2;1-3,6-7,13-15H,4-5,8-11H2;1-5H,6-7H2;5-8H,1-4H2;4-6H,1-3H2;1H3;1H3;1H4;1H;;;/q;;;;;;;;;;;2*+1;-1/p-1/t16-,17-,18-;14-,15-;13-,14+;13-,14-;;5-,6-;4-;;;;;;;/m1101.11......./s1. The Kier molecular flexibility index (Phi) is 64.5. The van der Waals surface area contributed by atoms with Crippen LogP contribution in [0.25, 0.3) is 0 Å². The summed E-state index contributed by atoms with van der Waals surface area (Å²) >= 11 is 7.10. The summed E-state index contributed by atoms with van der Waals surface area (Å²) in [5.41, 5.74) is 6.64. The number of likely N-dealkylation sites (tertiary alicyclic amines) is 1. The number of β-amino-alcohol motifs (C(OH)–C–C–N with tert-alkyl or cyclic N) is 2. The Balaban J connectivity index is 0. The van der Waals surface area contributed by atoms with Crippen LogP contribution in [0.4, 0.5) is 0 Å². The van der Waals surface area contributed by atoms with Gasteiger partial charge in [0.05, 0.1) is 99.9 Å². The van der Waals surface area contributed by atoms with Gasteiger partial charge in [-0.25, -0.2) is 8.42 Å². The first-order chi connectivity index (χ1) is 50.1. The molecule has 5 aromatic carbocycles. The van der Waals surface area contributed by atoms with E-state index in [1.54, 1.807) is 6.07 Å². The minimum atomic E-state index is -3.41. The average molecular weight is 1760 g/mol. The van der Waals surface area contributed by atoms with Crippen molar-refractivity contribution in [2.75, 3.05) is 70.4 Å². The first kappa shape index (κ1) is 106. The fourth-order valence-corrected chi connectivity index (χ4v) is 15.1. The van der Waals surface area contributed by atoms with Crippen LogP contribution in [0.3, 0.4) is 0 Å². The molecule has 12 atom stereocenters. The van der Waals surface area contributed by atoms with Crippen molar-refractivity contribution >= 4 is 61.7 Å². The molecule has 2 aliphatic heterocycles. The number of alkyl halides is 2. The molecule has 7 fully saturated rings. The minimum Gasteiger partial charge on any atom is -1.00 e. The Morgan fingerprint density at radius 2 is 0.815 bits per heavy atom. The van der Waals surface area contributed by atoms with Crippen LogP contribution in [0.1, 0.15) is 185 Å². The molecule has 2 saturated heterocycles. The van der Waals surface area contributed by atoms with Gasteiger partial charge in [-0.15, -0.1) is 0 Å². The van der Waals surface area contributed by atoms with Gasteiger partial charge in [-0.2, -0.15) is 13.7 Å². The molecule has 5 saturated carbocycles. The minimum absolute atomic E-state index is 0. The fourth-order valence-electron chi connectivity index (χ4n) is 13.2. The molecule has 6 N–H and O–H groups in total. The number of hydrogen-bond acceptors (Lipinski definition) is 17. The summed E-state index contributed by atoms with van der Waals surface area (Å²) < 4.78 is 70.2. The molecule has 0 unspecified atom stereocenters. The molecule has 7 aliphatic rings. The number of aliphatic hydroxyl groups is 5. The van der Waals surface area contributed by atoms with Gasteiger partial charge < -0.3 is 68.2 Å². The smallest absolute Gasteiger partial charge is 1.00 e. The molecule has 0 amide bonds. The van der Waals surface area contributed by atoms with Crippen LogP contribution in [0.15, 0.2) is 152 Å². The van der Waals surface area contributed by atoms with E-state index in [9.17, 15) is 27.0 Å². The van der Waals surface area contributed by atoms with E-state index in [1.807, 2.05) is 42.5 Å². The van der Waals surface area contributed by atoms with E-state index in [1.165, 1.54) is 92.5 Å². The van der Waals surface area contributed by atoms with Crippen molar-refractivity contribution < 1.29 is 132 Å². The van der Waals surface area contributed by atoms with Crippen LogP contribution >= 0.6 is 42.5 Å². The number of aliphatic hydroxyl groups excluding tert-OH is 5. The van der Waals surface area contributed by atoms with E-state index in [0.717, 1.165) is 173 Å². The maximum atomic E-state index is 11.3. The third kappa shape index (κ3) is 52.7. The molecule has 2 heterocycles. The maximum absolute atomic E-state index is 11.3. The normalized spacial score (nSPS) is 24.2. The van der Waals surface area contributed by atoms with E-state index in [2.05, 4.69) is 162 Å². The Morgan fingerprint density at radius 1 is 0.491 bits per heavy atom. The zero-order valence-corrected chi connectivity index (χ0v) is 73.6. The van der Waals surface area contributed by atoms with Crippen molar-refractivity contribution in [1.29, 1.82) is 5.26 Å². The van der Waals surface area contributed by atoms with Gasteiger partial charge in [0.2, 0.25) is 9.05 Å². The van der Waals surface area contributed by atoms with Crippen LogP contribution in [0.2, 0.25) is 0 Å². The Labute approximate surface area is 718 Å². The summed E-state index contributed by atoms with van der Waals surface area (Å²) in [5.74, 6) is 0. The third-order valence-electron chi connectivity index (χ3n) is 18.8. The molecule has 0 radical (unpaired) electrons. The van der Waals surface area contributed by atoms with Gasteiger partial charge in [0.15, 0.2) is 0 Å². The molecular formula is C83H129Br3ClLiN3NaO14S2. The number of halogens is 4. The summed E-state index contributed by atoms with van der Waals surface area (Å²) in [7, 11) is -2.11. The molecular weight excluding hydrogens is 1630 g/mol. The van der Waals surface area contributed by atoms with Gasteiger partial charge in [0, 0.05) is 53.4 Å². The van der Waals surface area contributed by atoms with Crippen molar-refractivity contribution in [1.82, 2.24) is 10.2 Å². The number of nitrogens with one attached hydrogen (secondary N) is 1. The van der Waals surface area contributed by atoms with Gasteiger partial charge in [-0.05, 0) is 144 Å². The van der Waals surface area contributed by atoms with E-state index >= 15 is 0 Å². The second-order valence-corrected chi connectivity index (χ2v) is 34.2. The molecule has 0 aromatic heterocycles. The predicted molar refractivity (Wildman–Crippen MR) is 436 cm³/mol. The van der Waals surface area contributed by atoms with Crippen LogP contribution in [0, 0.1) is 11.3 Å². The first-order valence-electron chi connectivity index (χ1n) is 37.9. The number of nitriles is 1. The van der Waals surface area contributed by atoms with E-state index in [4.69, 9.17) is 43.7 Å². The van der Waals surface area contributed by atoms with Crippen LogP contribution in [-0.4, -0.2) is 190 Å². The number of benzene rings is 5. The molecule has 108 heavy (non-hydrogen) atoms. The molecule has 0 bridgehead atoms. The number of rotatable bonds is 21.